The molecule has 0 aliphatic carbocycles. The van der Waals surface area contributed by atoms with E-state index < -0.39 is 0 Å². The zero-order chi connectivity index (χ0) is 23.7. The van der Waals surface area contributed by atoms with Crippen molar-refractivity contribution >= 4 is 38.7 Å². The van der Waals surface area contributed by atoms with Gasteiger partial charge < -0.3 is 10.2 Å². The predicted molar refractivity (Wildman–Crippen MR) is 135 cm³/mol. The molecule has 8 nitrogen and oxygen atoms in total. The van der Waals surface area contributed by atoms with E-state index in [1.165, 1.54) is 4.80 Å². The molecular formula is C25H26BrN7O. The van der Waals surface area contributed by atoms with Gasteiger partial charge in [0.25, 0.3) is 5.91 Å². The lowest BCUT2D eigenvalue weighted by Crippen LogP contribution is -2.51. The number of likely N-dealkylation sites (tertiary alicyclic amines) is 1. The van der Waals surface area contributed by atoms with E-state index >= 15 is 0 Å². The first-order valence-electron chi connectivity index (χ1n) is 11.4. The number of fused-ring (bicyclic) bond motifs is 1. The average Bonchev–Trinajstić information content (AvgIpc) is 3.37. The normalized spacial score (nSPS) is 18.3. The summed E-state index contributed by atoms with van der Waals surface area (Å²) in [4.78, 5) is 26.5. The molecule has 1 fully saturated rings. The maximum atomic E-state index is 13.8. The average molecular weight is 520 g/mol. The number of carbonyl (C=O) groups excluding carboxylic acids is 1. The number of piperidine rings is 1. The Labute approximate surface area is 206 Å². The van der Waals surface area contributed by atoms with Gasteiger partial charge >= 0.3 is 0 Å². The Morgan fingerprint density at radius 2 is 2.00 bits per heavy atom. The van der Waals surface area contributed by atoms with Crippen LogP contribution >= 0.6 is 15.9 Å². The summed E-state index contributed by atoms with van der Waals surface area (Å²) in [5.41, 5.74) is 3.20. The van der Waals surface area contributed by atoms with Gasteiger partial charge in [-0.1, -0.05) is 34.5 Å². The third-order valence-corrected chi connectivity index (χ3v) is 6.90. The summed E-state index contributed by atoms with van der Waals surface area (Å²) in [5, 5.41) is 12.9. The fourth-order valence-electron chi connectivity index (χ4n) is 4.59. The van der Waals surface area contributed by atoms with Crippen molar-refractivity contribution in [3.8, 4) is 5.69 Å². The molecule has 1 saturated heterocycles. The van der Waals surface area contributed by atoms with E-state index in [1.54, 1.807) is 12.4 Å². The van der Waals surface area contributed by atoms with Gasteiger partial charge in [-0.2, -0.15) is 15.0 Å². The molecule has 34 heavy (non-hydrogen) atoms. The number of anilines is 1. The number of benzene rings is 2. The Bertz CT molecular complexity index is 1320. The number of rotatable bonds is 5. The van der Waals surface area contributed by atoms with Crippen LogP contribution in [0.25, 0.3) is 16.6 Å². The molecule has 2 atom stereocenters. The van der Waals surface area contributed by atoms with Crippen molar-refractivity contribution in [2.75, 3.05) is 18.4 Å². The van der Waals surface area contributed by atoms with Gasteiger partial charge in [0, 0.05) is 29.1 Å². The van der Waals surface area contributed by atoms with Crippen LogP contribution in [0.5, 0.6) is 0 Å². The van der Waals surface area contributed by atoms with Gasteiger partial charge in [-0.05, 0) is 56.0 Å². The summed E-state index contributed by atoms with van der Waals surface area (Å²) in [5.74, 6) is 0.910. The summed E-state index contributed by atoms with van der Waals surface area (Å²) >= 11 is 3.48. The van der Waals surface area contributed by atoms with E-state index in [2.05, 4.69) is 48.3 Å². The Morgan fingerprint density at radius 1 is 1.18 bits per heavy atom. The molecule has 4 aromatic rings. The molecule has 0 bridgehead atoms. The van der Waals surface area contributed by atoms with Crippen LogP contribution in [0, 0.1) is 12.8 Å². The van der Waals surface area contributed by atoms with Crippen molar-refractivity contribution in [3.63, 3.8) is 0 Å². The van der Waals surface area contributed by atoms with Gasteiger partial charge in [-0.3, -0.25) is 4.79 Å². The minimum Gasteiger partial charge on any atom is -0.352 e. The maximum absolute atomic E-state index is 13.8. The van der Waals surface area contributed by atoms with Crippen molar-refractivity contribution in [2.24, 2.45) is 5.92 Å². The predicted octanol–water partition coefficient (Wildman–Crippen LogP) is 4.63. The fourth-order valence-corrected chi connectivity index (χ4v) is 4.97. The molecule has 0 saturated carbocycles. The monoisotopic (exact) mass is 519 g/mol. The zero-order valence-electron chi connectivity index (χ0n) is 19.1. The molecule has 0 unspecified atom stereocenters. The van der Waals surface area contributed by atoms with Crippen LogP contribution in [-0.2, 0) is 0 Å². The highest BCUT2D eigenvalue weighted by Crippen LogP contribution is 2.27. The first-order valence-corrected chi connectivity index (χ1v) is 12.2. The maximum Gasteiger partial charge on any atom is 0.256 e. The van der Waals surface area contributed by atoms with E-state index in [9.17, 15) is 4.79 Å². The number of nitrogens with zero attached hydrogens (tertiary/aromatic N) is 6. The first kappa shape index (κ1) is 22.5. The van der Waals surface area contributed by atoms with Gasteiger partial charge in [-0.25, -0.2) is 9.97 Å². The van der Waals surface area contributed by atoms with Crippen LogP contribution in [-0.4, -0.2) is 54.9 Å². The lowest BCUT2D eigenvalue weighted by Gasteiger charge is -2.40. The van der Waals surface area contributed by atoms with Gasteiger partial charge in [0.1, 0.15) is 0 Å². The molecule has 0 radical (unpaired) electrons. The van der Waals surface area contributed by atoms with Crippen LogP contribution in [0.3, 0.4) is 0 Å². The number of amides is 1. The molecule has 1 aliphatic heterocycles. The van der Waals surface area contributed by atoms with E-state index in [4.69, 9.17) is 0 Å². The standard InChI is InChI=1S/C25H26BrN7O/c1-16-5-8-22(33-29-9-10-30-33)20(12-16)24(34)32-11-3-4-17(2)23(32)15-28-25-27-14-18-13-19(26)6-7-21(18)31-25/h5-10,12-14,17,23H,3-4,11,15H2,1-2H3,(H,27,28,31)/t17-,23-/m1/s1. The van der Waals surface area contributed by atoms with Crippen molar-refractivity contribution < 1.29 is 4.79 Å². The summed E-state index contributed by atoms with van der Waals surface area (Å²) in [6.45, 7) is 5.49. The Balaban J connectivity index is 1.40. The molecule has 9 heteroatoms. The van der Waals surface area contributed by atoms with Gasteiger partial charge in [0.2, 0.25) is 5.95 Å². The minimum atomic E-state index is -0.00127. The van der Waals surface area contributed by atoms with E-state index in [1.807, 2.05) is 54.4 Å². The number of carbonyl (C=O) groups is 1. The molecule has 2 aromatic heterocycles. The zero-order valence-corrected chi connectivity index (χ0v) is 20.7. The van der Waals surface area contributed by atoms with E-state index in [-0.39, 0.29) is 11.9 Å². The molecule has 1 N–H and O–H groups in total. The number of hydrogen-bond donors (Lipinski definition) is 1. The van der Waals surface area contributed by atoms with Crippen molar-refractivity contribution in [3.05, 3.63) is 70.6 Å². The van der Waals surface area contributed by atoms with Gasteiger partial charge in [0.05, 0.1) is 35.2 Å². The molecule has 174 valence electrons. The van der Waals surface area contributed by atoms with Crippen LogP contribution in [0.2, 0.25) is 0 Å². The largest absolute Gasteiger partial charge is 0.352 e. The third-order valence-electron chi connectivity index (χ3n) is 6.40. The second-order valence-corrected chi connectivity index (χ2v) is 9.72. The summed E-state index contributed by atoms with van der Waals surface area (Å²) in [6.07, 6.45) is 7.10. The van der Waals surface area contributed by atoms with Crippen LogP contribution in [0.1, 0.15) is 35.7 Å². The number of nitrogens with one attached hydrogen (secondary N) is 1. The summed E-state index contributed by atoms with van der Waals surface area (Å²) < 4.78 is 0.996. The quantitative estimate of drug-likeness (QED) is 0.413. The Hall–Kier alpha value is -3.33. The lowest BCUT2D eigenvalue weighted by molar-refractivity contribution is 0.0539. The summed E-state index contributed by atoms with van der Waals surface area (Å²) in [6, 6.07) is 11.8. The van der Waals surface area contributed by atoms with Crippen molar-refractivity contribution in [1.82, 2.24) is 29.9 Å². The Kier molecular flexibility index (Phi) is 6.28. The van der Waals surface area contributed by atoms with Crippen LogP contribution in [0.4, 0.5) is 5.95 Å². The highest BCUT2D eigenvalue weighted by Gasteiger charge is 2.33. The number of halogens is 1. The van der Waals surface area contributed by atoms with E-state index in [0.717, 1.165) is 33.8 Å². The number of hydrogen-bond acceptors (Lipinski definition) is 6. The molecule has 3 heterocycles. The Morgan fingerprint density at radius 3 is 2.82 bits per heavy atom. The smallest absolute Gasteiger partial charge is 0.256 e. The molecule has 1 aliphatic rings. The molecule has 2 aromatic carbocycles. The molecule has 1 amide bonds. The second-order valence-electron chi connectivity index (χ2n) is 8.80. The highest BCUT2D eigenvalue weighted by molar-refractivity contribution is 9.10. The minimum absolute atomic E-state index is 0.00127. The SMILES string of the molecule is Cc1ccc(-n2nccn2)c(C(=O)N2CCC[C@@H](C)[C@H]2CNc2ncc3cc(Br)ccc3n2)c1. The molecule has 0 spiro atoms. The van der Waals surface area contributed by atoms with Crippen LogP contribution < -0.4 is 5.32 Å². The fraction of sp³-hybridized carbons (Fsp3) is 0.320. The molecule has 5 rings (SSSR count). The third kappa shape index (κ3) is 4.52. The number of aromatic nitrogens is 5. The molecular weight excluding hydrogens is 494 g/mol. The first-order chi connectivity index (χ1) is 16.5. The second kappa shape index (κ2) is 9.50. The van der Waals surface area contributed by atoms with Crippen molar-refractivity contribution in [2.45, 2.75) is 32.7 Å². The van der Waals surface area contributed by atoms with Gasteiger partial charge in [-0.15, -0.1) is 0 Å². The van der Waals surface area contributed by atoms with Gasteiger partial charge in [0.15, 0.2) is 0 Å². The van der Waals surface area contributed by atoms with Crippen molar-refractivity contribution in [1.29, 1.82) is 0 Å². The lowest BCUT2D eigenvalue weighted by atomic mass is 9.90. The topological polar surface area (TPSA) is 88.8 Å². The van der Waals surface area contributed by atoms with Crippen LogP contribution in [0.15, 0.2) is 59.5 Å². The number of aryl methyl sites for hydroxylation is 1. The van der Waals surface area contributed by atoms with E-state index in [0.29, 0.717) is 36.2 Å². The highest BCUT2D eigenvalue weighted by atomic mass is 79.9. The summed E-state index contributed by atoms with van der Waals surface area (Å²) in [7, 11) is 0.